The third-order valence-electron chi connectivity index (χ3n) is 5.15. The minimum atomic E-state index is 0.581. The Kier molecular flexibility index (Phi) is 4.05. The average Bonchev–Trinajstić information content (AvgIpc) is 2.43. The van der Waals surface area contributed by atoms with E-state index in [1.165, 1.54) is 60.1 Å². The molecular weight excluding hydrogens is 256 g/mol. The predicted molar refractivity (Wildman–Crippen MR) is 90.0 cm³/mol. The molecule has 2 atom stereocenters. The number of fused-ring (bicyclic) bond motifs is 1. The summed E-state index contributed by atoms with van der Waals surface area (Å²) in [7, 11) is 0. The van der Waals surface area contributed by atoms with Gasteiger partial charge in [-0.05, 0) is 83.4 Å². The van der Waals surface area contributed by atoms with Crippen molar-refractivity contribution in [2.24, 2.45) is 5.10 Å². The van der Waals surface area contributed by atoms with Crippen molar-refractivity contribution < 1.29 is 0 Å². The molecule has 1 fully saturated rings. The summed E-state index contributed by atoms with van der Waals surface area (Å²) >= 11 is 0. The lowest BCUT2D eigenvalue weighted by Crippen LogP contribution is -2.40. The van der Waals surface area contributed by atoms with Gasteiger partial charge in [0.25, 0.3) is 0 Å². The zero-order valence-electron chi connectivity index (χ0n) is 13.9. The van der Waals surface area contributed by atoms with Crippen LogP contribution in [-0.4, -0.2) is 22.8 Å². The van der Waals surface area contributed by atoms with Gasteiger partial charge in [-0.3, -0.25) is 5.01 Å². The van der Waals surface area contributed by atoms with Crippen molar-refractivity contribution in [2.45, 2.75) is 78.3 Å². The van der Waals surface area contributed by atoms with Gasteiger partial charge >= 0.3 is 0 Å². The number of hydrazone groups is 1. The van der Waals surface area contributed by atoms with Gasteiger partial charge in [0.1, 0.15) is 0 Å². The highest BCUT2D eigenvalue weighted by molar-refractivity contribution is 6.03. The summed E-state index contributed by atoms with van der Waals surface area (Å²) in [5.41, 5.74) is 7.08. The summed E-state index contributed by atoms with van der Waals surface area (Å²) in [6.07, 6.45) is 7.49. The molecule has 0 aromatic heterocycles. The van der Waals surface area contributed by atoms with E-state index in [1.807, 2.05) is 0 Å². The van der Waals surface area contributed by atoms with Crippen LogP contribution in [0.1, 0.15) is 68.2 Å². The van der Waals surface area contributed by atoms with Crippen molar-refractivity contribution >= 4 is 5.71 Å². The molecule has 1 aliphatic carbocycles. The van der Waals surface area contributed by atoms with Crippen LogP contribution in [0.4, 0.5) is 0 Å². The lowest BCUT2D eigenvalue weighted by Gasteiger charge is -2.38. The van der Waals surface area contributed by atoms with Crippen molar-refractivity contribution in [3.63, 3.8) is 0 Å². The van der Waals surface area contributed by atoms with E-state index in [2.05, 4.69) is 44.8 Å². The predicted octanol–water partition coefficient (Wildman–Crippen LogP) is 4.61. The number of piperidine rings is 1. The first-order valence-electron chi connectivity index (χ1n) is 8.52. The number of rotatable bonds is 1. The van der Waals surface area contributed by atoms with E-state index in [-0.39, 0.29) is 0 Å². The van der Waals surface area contributed by atoms with Crippen molar-refractivity contribution in [3.8, 4) is 0 Å². The van der Waals surface area contributed by atoms with E-state index in [4.69, 9.17) is 5.10 Å². The van der Waals surface area contributed by atoms with Gasteiger partial charge in [-0.2, -0.15) is 5.10 Å². The molecule has 1 aromatic rings. The van der Waals surface area contributed by atoms with Gasteiger partial charge in [0.05, 0.1) is 5.71 Å². The summed E-state index contributed by atoms with van der Waals surface area (Å²) in [4.78, 5) is 0. The molecule has 0 radical (unpaired) electrons. The molecule has 2 unspecified atom stereocenters. The lowest BCUT2D eigenvalue weighted by molar-refractivity contribution is 0.108. The van der Waals surface area contributed by atoms with Crippen LogP contribution >= 0.6 is 0 Å². The SMILES string of the molecule is Cc1cc(C)c2c(c1)C(=NN1C(C)CCCC1C)CCC2. The average molecular weight is 284 g/mol. The van der Waals surface area contributed by atoms with Crippen molar-refractivity contribution in [3.05, 3.63) is 34.4 Å². The molecule has 21 heavy (non-hydrogen) atoms. The highest BCUT2D eigenvalue weighted by Crippen LogP contribution is 2.29. The van der Waals surface area contributed by atoms with Gasteiger partial charge in [0.15, 0.2) is 0 Å². The van der Waals surface area contributed by atoms with Crippen molar-refractivity contribution in [2.75, 3.05) is 0 Å². The van der Waals surface area contributed by atoms with Gasteiger partial charge < -0.3 is 0 Å². The molecule has 0 bridgehead atoms. The fourth-order valence-electron chi connectivity index (χ4n) is 4.00. The van der Waals surface area contributed by atoms with Crippen LogP contribution in [0.3, 0.4) is 0 Å². The van der Waals surface area contributed by atoms with Crippen LogP contribution in [0, 0.1) is 13.8 Å². The second-order valence-electron chi connectivity index (χ2n) is 7.02. The minimum absolute atomic E-state index is 0.581. The molecule has 0 spiro atoms. The summed E-state index contributed by atoms with van der Waals surface area (Å²) < 4.78 is 0. The second-order valence-corrected chi connectivity index (χ2v) is 7.02. The molecule has 1 aromatic carbocycles. The van der Waals surface area contributed by atoms with Crippen molar-refractivity contribution in [1.29, 1.82) is 0 Å². The Morgan fingerprint density at radius 3 is 2.43 bits per heavy atom. The number of aryl methyl sites for hydroxylation is 2. The molecule has 1 saturated heterocycles. The molecule has 0 amide bonds. The zero-order valence-corrected chi connectivity index (χ0v) is 13.9. The molecule has 114 valence electrons. The Labute approximate surface area is 129 Å². The first kappa shape index (κ1) is 14.6. The van der Waals surface area contributed by atoms with Crippen LogP contribution < -0.4 is 0 Å². The van der Waals surface area contributed by atoms with Crippen LogP contribution in [0.2, 0.25) is 0 Å². The van der Waals surface area contributed by atoms with Gasteiger partial charge in [0.2, 0.25) is 0 Å². The van der Waals surface area contributed by atoms with E-state index < -0.39 is 0 Å². The monoisotopic (exact) mass is 284 g/mol. The van der Waals surface area contributed by atoms with E-state index >= 15 is 0 Å². The Bertz CT molecular complexity index is 549. The summed E-state index contributed by atoms with van der Waals surface area (Å²) in [6.45, 7) is 9.10. The topological polar surface area (TPSA) is 15.6 Å². The molecule has 1 heterocycles. The highest BCUT2D eigenvalue weighted by Gasteiger charge is 2.25. The van der Waals surface area contributed by atoms with Gasteiger partial charge in [0, 0.05) is 17.6 Å². The maximum absolute atomic E-state index is 5.13. The third kappa shape index (κ3) is 2.86. The Morgan fingerprint density at radius 2 is 1.71 bits per heavy atom. The summed E-state index contributed by atoms with van der Waals surface area (Å²) in [5.74, 6) is 0. The molecule has 1 aliphatic heterocycles. The largest absolute Gasteiger partial charge is 0.291 e. The van der Waals surface area contributed by atoms with Crippen LogP contribution in [-0.2, 0) is 6.42 Å². The van der Waals surface area contributed by atoms with E-state index in [9.17, 15) is 0 Å². The summed E-state index contributed by atoms with van der Waals surface area (Å²) in [5, 5.41) is 7.51. The van der Waals surface area contributed by atoms with Crippen LogP contribution in [0.5, 0.6) is 0 Å². The highest BCUT2D eigenvalue weighted by atomic mass is 15.5. The van der Waals surface area contributed by atoms with E-state index in [0.717, 1.165) is 6.42 Å². The maximum Gasteiger partial charge on any atom is 0.0680 e. The second kappa shape index (κ2) is 5.82. The number of benzene rings is 1. The fraction of sp³-hybridized carbons (Fsp3) is 0.632. The summed E-state index contributed by atoms with van der Waals surface area (Å²) in [6, 6.07) is 5.82. The molecule has 2 nitrogen and oxygen atoms in total. The van der Waals surface area contributed by atoms with Gasteiger partial charge in [-0.1, -0.05) is 11.6 Å². The van der Waals surface area contributed by atoms with Crippen LogP contribution in [0.25, 0.3) is 0 Å². The van der Waals surface area contributed by atoms with Gasteiger partial charge in [-0.25, -0.2) is 0 Å². The smallest absolute Gasteiger partial charge is 0.0680 e. The van der Waals surface area contributed by atoms with E-state index in [1.54, 1.807) is 0 Å². The Balaban J connectivity index is 1.99. The zero-order chi connectivity index (χ0) is 15.0. The number of nitrogens with zero attached hydrogens (tertiary/aromatic N) is 2. The molecule has 0 saturated carbocycles. The first-order chi connectivity index (χ1) is 10.1. The number of hydrogen-bond donors (Lipinski definition) is 0. The lowest BCUT2D eigenvalue weighted by atomic mass is 9.86. The quantitative estimate of drug-likeness (QED) is 0.735. The normalized spacial score (nSPS) is 27.8. The van der Waals surface area contributed by atoms with Crippen molar-refractivity contribution in [1.82, 2.24) is 5.01 Å². The molecule has 0 N–H and O–H groups in total. The fourth-order valence-corrected chi connectivity index (χ4v) is 4.00. The number of hydrogen-bond acceptors (Lipinski definition) is 2. The van der Waals surface area contributed by atoms with E-state index in [0.29, 0.717) is 12.1 Å². The molecule has 2 aliphatic rings. The Hall–Kier alpha value is -1.31. The third-order valence-corrected chi connectivity index (χ3v) is 5.15. The minimum Gasteiger partial charge on any atom is -0.291 e. The first-order valence-corrected chi connectivity index (χ1v) is 8.52. The molecule has 3 rings (SSSR count). The standard InChI is InChI=1S/C19H28N2/c1-13-11-14(2)17-9-6-10-19(18(17)12-13)20-21-15(3)7-5-8-16(21)4/h11-12,15-16H,5-10H2,1-4H3. The molecular formula is C19H28N2. The van der Waals surface area contributed by atoms with Gasteiger partial charge in [-0.15, -0.1) is 0 Å². The van der Waals surface area contributed by atoms with Crippen LogP contribution in [0.15, 0.2) is 17.2 Å². The molecule has 2 heteroatoms. The Morgan fingerprint density at radius 1 is 1.00 bits per heavy atom. The maximum atomic E-state index is 5.13.